The highest BCUT2D eigenvalue weighted by atomic mass is 16.2. The number of anilines is 1. The molecule has 1 amide bonds. The minimum atomic E-state index is 0.191. The molecule has 5 nitrogen and oxygen atoms in total. The van der Waals surface area contributed by atoms with Crippen LogP contribution in [0.4, 0.5) is 5.69 Å². The van der Waals surface area contributed by atoms with Crippen molar-refractivity contribution in [2.45, 2.75) is 25.8 Å². The van der Waals surface area contributed by atoms with E-state index in [2.05, 4.69) is 15.6 Å². The zero-order valence-corrected chi connectivity index (χ0v) is 15.7. The van der Waals surface area contributed by atoms with Gasteiger partial charge in [0.05, 0.1) is 18.0 Å². The standard InChI is InChI=1S/C23H22N4O/c24-14-19-8-6-18(7-9-19)12-22-15-25-17-26(22)16-20-10-11-27(23(28)13-20)21-4-2-1-3-5-21/h1-9,15,17,20H,10-13,16H2. The fraction of sp³-hybridized carbons (Fsp3) is 0.261. The number of aromatic nitrogens is 2. The molecule has 5 heteroatoms. The number of rotatable bonds is 5. The zero-order valence-electron chi connectivity index (χ0n) is 15.7. The second kappa shape index (κ2) is 8.10. The molecule has 0 bridgehead atoms. The van der Waals surface area contributed by atoms with Crippen LogP contribution in [0.1, 0.15) is 29.7 Å². The first kappa shape index (κ1) is 18.0. The third-order valence-electron chi connectivity index (χ3n) is 5.31. The van der Waals surface area contributed by atoms with E-state index in [0.717, 1.165) is 42.9 Å². The maximum atomic E-state index is 12.6. The molecule has 2 aromatic carbocycles. The monoisotopic (exact) mass is 370 g/mol. The van der Waals surface area contributed by atoms with E-state index in [1.807, 2.05) is 72.0 Å². The molecule has 1 fully saturated rings. The number of hydrogen-bond donors (Lipinski definition) is 0. The van der Waals surface area contributed by atoms with Gasteiger partial charge in [0.2, 0.25) is 5.91 Å². The zero-order chi connectivity index (χ0) is 19.3. The molecule has 0 N–H and O–H groups in total. The summed E-state index contributed by atoms with van der Waals surface area (Å²) in [6, 6.07) is 19.7. The van der Waals surface area contributed by atoms with Crippen molar-refractivity contribution in [3.05, 3.63) is 83.9 Å². The van der Waals surface area contributed by atoms with Crippen LogP contribution in [0.2, 0.25) is 0 Å². The van der Waals surface area contributed by atoms with Crippen molar-refractivity contribution in [1.82, 2.24) is 9.55 Å². The van der Waals surface area contributed by atoms with Crippen LogP contribution in [0, 0.1) is 17.2 Å². The van der Waals surface area contributed by atoms with E-state index >= 15 is 0 Å². The van der Waals surface area contributed by atoms with Crippen LogP contribution in [0.5, 0.6) is 0 Å². The highest BCUT2D eigenvalue weighted by molar-refractivity contribution is 5.94. The second-order valence-electron chi connectivity index (χ2n) is 7.26. The molecule has 0 saturated carbocycles. The topological polar surface area (TPSA) is 61.9 Å². The van der Waals surface area contributed by atoms with Crippen molar-refractivity contribution in [3.8, 4) is 6.07 Å². The normalized spacial score (nSPS) is 16.8. The molecule has 1 aliphatic rings. The van der Waals surface area contributed by atoms with Gasteiger partial charge < -0.3 is 9.47 Å². The Hall–Kier alpha value is -3.39. The number of amides is 1. The van der Waals surface area contributed by atoms with Crippen molar-refractivity contribution in [3.63, 3.8) is 0 Å². The molecular formula is C23H22N4O. The van der Waals surface area contributed by atoms with Crippen molar-refractivity contribution >= 4 is 11.6 Å². The molecule has 0 radical (unpaired) electrons. The number of para-hydroxylation sites is 1. The number of hydrogen-bond acceptors (Lipinski definition) is 3. The fourth-order valence-electron chi connectivity index (χ4n) is 3.78. The molecule has 0 spiro atoms. The molecular weight excluding hydrogens is 348 g/mol. The van der Waals surface area contributed by atoms with Crippen molar-refractivity contribution in [1.29, 1.82) is 5.26 Å². The van der Waals surface area contributed by atoms with Crippen LogP contribution >= 0.6 is 0 Å². The van der Waals surface area contributed by atoms with E-state index in [-0.39, 0.29) is 5.91 Å². The number of nitriles is 1. The van der Waals surface area contributed by atoms with Gasteiger partial charge in [-0.15, -0.1) is 0 Å². The Balaban J connectivity index is 1.40. The van der Waals surface area contributed by atoms with Crippen LogP contribution in [-0.2, 0) is 17.8 Å². The van der Waals surface area contributed by atoms with Gasteiger partial charge in [-0.05, 0) is 42.2 Å². The van der Waals surface area contributed by atoms with Crippen LogP contribution in [0.15, 0.2) is 67.1 Å². The van der Waals surface area contributed by atoms with Crippen LogP contribution in [-0.4, -0.2) is 22.0 Å². The Kier molecular flexibility index (Phi) is 5.20. The van der Waals surface area contributed by atoms with Crippen molar-refractivity contribution in [2.24, 2.45) is 5.92 Å². The average Bonchev–Trinajstić information content (AvgIpc) is 3.16. The Morgan fingerprint density at radius 2 is 1.89 bits per heavy atom. The first-order valence-electron chi connectivity index (χ1n) is 9.56. The average molecular weight is 370 g/mol. The first-order chi connectivity index (χ1) is 13.7. The van der Waals surface area contributed by atoms with Gasteiger partial charge >= 0.3 is 0 Å². The molecule has 4 rings (SSSR count). The van der Waals surface area contributed by atoms with Gasteiger partial charge in [-0.2, -0.15) is 5.26 Å². The molecule has 2 heterocycles. The number of carbonyl (C=O) groups is 1. The van der Waals surface area contributed by atoms with E-state index in [1.54, 1.807) is 0 Å². The molecule has 1 aromatic heterocycles. The van der Waals surface area contributed by atoms with Crippen molar-refractivity contribution < 1.29 is 4.79 Å². The van der Waals surface area contributed by atoms with Gasteiger partial charge in [0.1, 0.15) is 0 Å². The number of nitrogens with zero attached hydrogens (tertiary/aromatic N) is 4. The maximum absolute atomic E-state index is 12.6. The summed E-state index contributed by atoms with van der Waals surface area (Å²) in [5.41, 5.74) is 3.93. The van der Waals surface area contributed by atoms with E-state index in [0.29, 0.717) is 17.9 Å². The number of imidazole rings is 1. The van der Waals surface area contributed by atoms with Gasteiger partial charge in [-0.25, -0.2) is 4.98 Å². The smallest absolute Gasteiger partial charge is 0.227 e. The predicted octanol–water partition coefficient (Wildman–Crippen LogP) is 3.79. The molecule has 1 saturated heterocycles. The van der Waals surface area contributed by atoms with Gasteiger partial charge in [0.25, 0.3) is 0 Å². The number of piperidine rings is 1. The van der Waals surface area contributed by atoms with Crippen LogP contribution in [0.25, 0.3) is 0 Å². The molecule has 1 atom stereocenters. The summed E-state index contributed by atoms with van der Waals surface area (Å²) in [6.07, 6.45) is 6.05. The Bertz CT molecular complexity index is 985. The second-order valence-corrected chi connectivity index (χ2v) is 7.26. The van der Waals surface area contributed by atoms with Crippen LogP contribution in [0.3, 0.4) is 0 Å². The Labute approximate surface area is 164 Å². The van der Waals surface area contributed by atoms with Crippen molar-refractivity contribution in [2.75, 3.05) is 11.4 Å². The summed E-state index contributed by atoms with van der Waals surface area (Å²) in [5, 5.41) is 8.93. The highest BCUT2D eigenvalue weighted by Crippen LogP contribution is 2.26. The maximum Gasteiger partial charge on any atom is 0.227 e. The van der Waals surface area contributed by atoms with E-state index < -0.39 is 0 Å². The summed E-state index contributed by atoms with van der Waals surface area (Å²) >= 11 is 0. The van der Waals surface area contributed by atoms with Crippen LogP contribution < -0.4 is 4.90 Å². The van der Waals surface area contributed by atoms with Gasteiger partial charge in [0, 0.05) is 43.5 Å². The molecule has 3 aromatic rings. The molecule has 0 aliphatic carbocycles. The first-order valence-corrected chi connectivity index (χ1v) is 9.56. The highest BCUT2D eigenvalue weighted by Gasteiger charge is 2.27. The minimum absolute atomic E-state index is 0.191. The van der Waals surface area contributed by atoms with E-state index in [4.69, 9.17) is 5.26 Å². The van der Waals surface area contributed by atoms with E-state index in [1.165, 1.54) is 0 Å². The Morgan fingerprint density at radius 3 is 2.61 bits per heavy atom. The lowest BCUT2D eigenvalue weighted by Gasteiger charge is -2.32. The van der Waals surface area contributed by atoms with Gasteiger partial charge in [0.15, 0.2) is 0 Å². The SMILES string of the molecule is N#Cc1ccc(Cc2cncn2CC2CCN(c3ccccc3)C(=O)C2)cc1. The molecule has 1 unspecified atom stereocenters. The third-order valence-corrected chi connectivity index (χ3v) is 5.31. The number of carbonyl (C=O) groups excluding carboxylic acids is 1. The summed E-state index contributed by atoms with van der Waals surface area (Å²) in [7, 11) is 0. The quantitative estimate of drug-likeness (QED) is 0.686. The molecule has 28 heavy (non-hydrogen) atoms. The van der Waals surface area contributed by atoms with Gasteiger partial charge in [-0.3, -0.25) is 4.79 Å². The van der Waals surface area contributed by atoms with Gasteiger partial charge in [-0.1, -0.05) is 30.3 Å². The summed E-state index contributed by atoms with van der Waals surface area (Å²) in [6.45, 7) is 1.56. The largest absolute Gasteiger partial charge is 0.334 e. The summed E-state index contributed by atoms with van der Waals surface area (Å²) in [5.74, 6) is 0.512. The number of benzene rings is 2. The lowest BCUT2D eigenvalue weighted by atomic mass is 9.95. The molecule has 1 aliphatic heterocycles. The minimum Gasteiger partial charge on any atom is -0.334 e. The lowest BCUT2D eigenvalue weighted by molar-refractivity contribution is -0.120. The lowest BCUT2D eigenvalue weighted by Crippen LogP contribution is -2.39. The fourth-order valence-corrected chi connectivity index (χ4v) is 3.78. The molecule has 140 valence electrons. The van der Waals surface area contributed by atoms with E-state index in [9.17, 15) is 4.79 Å². The third kappa shape index (κ3) is 3.96. The Morgan fingerprint density at radius 1 is 1.11 bits per heavy atom. The summed E-state index contributed by atoms with van der Waals surface area (Å²) < 4.78 is 2.16. The predicted molar refractivity (Wildman–Crippen MR) is 108 cm³/mol. The summed E-state index contributed by atoms with van der Waals surface area (Å²) in [4.78, 5) is 18.8.